The molecule has 0 spiro atoms. The van der Waals surface area contributed by atoms with Gasteiger partial charge in [0.1, 0.15) is 17.2 Å². The first kappa shape index (κ1) is 10.4. The predicted molar refractivity (Wildman–Crippen MR) is 69.6 cm³/mol. The average Bonchev–Trinajstić information content (AvgIpc) is 2.81. The van der Waals surface area contributed by atoms with Crippen molar-refractivity contribution < 1.29 is 4.74 Å². The molecule has 1 aromatic carbocycles. The van der Waals surface area contributed by atoms with Gasteiger partial charge in [-0.15, -0.1) is 0 Å². The van der Waals surface area contributed by atoms with Crippen molar-refractivity contribution in [3.63, 3.8) is 0 Å². The fraction of sp³-hybridized carbons (Fsp3) is 0.357. The summed E-state index contributed by atoms with van der Waals surface area (Å²) in [6.07, 6.45) is 4.21. The number of hydrogen-bond acceptors (Lipinski definition) is 3. The molecular weight excluding hydrogens is 212 g/mol. The molecule has 3 rings (SSSR count). The minimum Gasteiger partial charge on any atom is -0.483 e. The van der Waals surface area contributed by atoms with Crippen molar-refractivity contribution in [1.29, 1.82) is 0 Å². The van der Waals surface area contributed by atoms with E-state index in [1.54, 1.807) is 0 Å². The SMILES string of the molecule is CC1(C)C=Cc2cc(C3=NCCN3)ccc2O1. The molecule has 2 aliphatic rings. The zero-order valence-corrected chi connectivity index (χ0v) is 10.2. The zero-order chi connectivity index (χ0) is 11.9. The van der Waals surface area contributed by atoms with Crippen molar-refractivity contribution in [3.05, 3.63) is 35.4 Å². The van der Waals surface area contributed by atoms with Gasteiger partial charge in [-0.1, -0.05) is 6.08 Å². The normalized spacial score (nSPS) is 20.2. The summed E-state index contributed by atoms with van der Waals surface area (Å²) in [6, 6.07) is 6.21. The maximum atomic E-state index is 5.89. The van der Waals surface area contributed by atoms with Crippen LogP contribution in [-0.2, 0) is 0 Å². The van der Waals surface area contributed by atoms with Gasteiger partial charge in [-0.2, -0.15) is 0 Å². The van der Waals surface area contributed by atoms with Crippen LogP contribution in [-0.4, -0.2) is 24.5 Å². The summed E-state index contributed by atoms with van der Waals surface area (Å²) >= 11 is 0. The molecule has 1 N–H and O–H groups in total. The third kappa shape index (κ3) is 1.93. The molecule has 2 heterocycles. The molecule has 0 atom stereocenters. The Labute approximate surface area is 101 Å². The molecular formula is C14H16N2O. The lowest BCUT2D eigenvalue weighted by atomic mass is 10.0. The van der Waals surface area contributed by atoms with Crippen molar-refractivity contribution in [1.82, 2.24) is 5.32 Å². The average molecular weight is 228 g/mol. The number of rotatable bonds is 1. The van der Waals surface area contributed by atoms with Crippen molar-refractivity contribution >= 4 is 11.9 Å². The first-order valence-corrected chi connectivity index (χ1v) is 5.95. The van der Waals surface area contributed by atoms with Gasteiger partial charge in [0.05, 0.1) is 6.54 Å². The largest absolute Gasteiger partial charge is 0.483 e. The van der Waals surface area contributed by atoms with E-state index in [1.165, 1.54) is 0 Å². The van der Waals surface area contributed by atoms with Crippen LogP contribution in [0.3, 0.4) is 0 Å². The Morgan fingerprint density at radius 2 is 2.24 bits per heavy atom. The van der Waals surface area contributed by atoms with Crippen LogP contribution >= 0.6 is 0 Å². The molecule has 3 heteroatoms. The van der Waals surface area contributed by atoms with Crippen LogP contribution < -0.4 is 10.1 Å². The molecule has 2 aliphatic heterocycles. The summed E-state index contributed by atoms with van der Waals surface area (Å²) in [7, 11) is 0. The molecule has 0 aromatic heterocycles. The Hall–Kier alpha value is -1.77. The van der Waals surface area contributed by atoms with Crippen molar-refractivity contribution in [3.8, 4) is 5.75 Å². The van der Waals surface area contributed by atoms with Gasteiger partial charge in [-0.3, -0.25) is 4.99 Å². The van der Waals surface area contributed by atoms with E-state index in [1.807, 2.05) is 6.07 Å². The van der Waals surface area contributed by atoms with Gasteiger partial charge < -0.3 is 10.1 Å². The second kappa shape index (κ2) is 3.62. The Balaban J connectivity index is 1.98. The van der Waals surface area contributed by atoms with E-state index in [0.29, 0.717) is 0 Å². The minimum atomic E-state index is -0.211. The van der Waals surface area contributed by atoms with Gasteiger partial charge in [0.15, 0.2) is 0 Å². The molecule has 88 valence electrons. The first-order valence-electron chi connectivity index (χ1n) is 5.95. The van der Waals surface area contributed by atoms with E-state index < -0.39 is 0 Å². The predicted octanol–water partition coefficient (Wildman–Crippen LogP) is 2.22. The lowest BCUT2D eigenvalue weighted by molar-refractivity contribution is 0.159. The van der Waals surface area contributed by atoms with E-state index in [2.05, 4.69) is 48.4 Å². The Morgan fingerprint density at radius 1 is 1.35 bits per heavy atom. The monoisotopic (exact) mass is 228 g/mol. The van der Waals surface area contributed by atoms with E-state index >= 15 is 0 Å². The molecule has 0 fully saturated rings. The fourth-order valence-electron chi connectivity index (χ4n) is 2.12. The summed E-state index contributed by atoms with van der Waals surface area (Å²) in [4.78, 5) is 4.42. The topological polar surface area (TPSA) is 33.6 Å². The second-order valence-corrected chi connectivity index (χ2v) is 4.95. The number of nitrogens with zero attached hydrogens (tertiary/aromatic N) is 1. The highest BCUT2D eigenvalue weighted by molar-refractivity contribution is 6.00. The van der Waals surface area contributed by atoms with Gasteiger partial charge >= 0.3 is 0 Å². The van der Waals surface area contributed by atoms with E-state index in [4.69, 9.17) is 4.74 Å². The molecule has 0 unspecified atom stereocenters. The smallest absolute Gasteiger partial charge is 0.128 e. The maximum Gasteiger partial charge on any atom is 0.128 e. The highest BCUT2D eigenvalue weighted by Crippen LogP contribution is 2.31. The Kier molecular flexibility index (Phi) is 2.21. The first-order chi connectivity index (χ1) is 8.14. The van der Waals surface area contributed by atoms with Crippen LogP contribution in [0.5, 0.6) is 5.75 Å². The maximum absolute atomic E-state index is 5.89. The van der Waals surface area contributed by atoms with Crippen LogP contribution in [0, 0.1) is 0 Å². The van der Waals surface area contributed by atoms with Crippen LogP contribution in [0.15, 0.2) is 29.3 Å². The van der Waals surface area contributed by atoms with Crippen molar-refractivity contribution in [2.24, 2.45) is 4.99 Å². The zero-order valence-electron chi connectivity index (χ0n) is 10.2. The molecule has 1 aromatic rings. The molecule has 17 heavy (non-hydrogen) atoms. The summed E-state index contributed by atoms with van der Waals surface area (Å²) in [5, 5.41) is 3.28. The molecule has 0 radical (unpaired) electrons. The summed E-state index contributed by atoms with van der Waals surface area (Å²) in [5.74, 6) is 1.94. The van der Waals surface area contributed by atoms with Gasteiger partial charge in [0.25, 0.3) is 0 Å². The number of hydrogen-bond donors (Lipinski definition) is 1. The number of fused-ring (bicyclic) bond motifs is 1. The van der Waals surface area contributed by atoms with Crippen LogP contribution in [0.4, 0.5) is 0 Å². The molecule has 0 bridgehead atoms. The minimum absolute atomic E-state index is 0.211. The van der Waals surface area contributed by atoms with Crippen LogP contribution in [0.1, 0.15) is 25.0 Å². The number of amidine groups is 1. The van der Waals surface area contributed by atoms with Crippen molar-refractivity contribution in [2.75, 3.05) is 13.1 Å². The van der Waals surface area contributed by atoms with E-state index in [-0.39, 0.29) is 5.60 Å². The number of benzene rings is 1. The molecule has 3 nitrogen and oxygen atoms in total. The highest BCUT2D eigenvalue weighted by atomic mass is 16.5. The van der Waals surface area contributed by atoms with Crippen LogP contribution in [0.2, 0.25) is 0 Å². The van der Waals surface area contributed by atoms with Gasteiger partial charge in [-0.25, -0.2) is 0 Å². The Morgan fingerprint density at radius 3 is 3.00 bits per heavy atom. The summed E-state index contributed by atoms with van der Waals surface area (Å²) in [5.41, 5.74) is 2.05. The molecule has 0 amide bonds. The lowest BCUT2D eigenvalue weighted by Gasteiger charge is -2.28. The highest BCUT2D eigenvalue weighted by Gasteiger charge is 2.22. The Bertz CT molecular complexity index is 515. The quantitative estimate of drug-likeness (QED) is 0.799. The molecule has 0 aliphatic carbocycles. The lowest BCUT2D eigenvalue weighted by Crippen LogP contribution is -2.27. The summed E-state index contributed by atoms with van der Waals surface area (Å²) in [6.45, 7) is 5.92. The van der Waals surface area contributed by atoms with Gasteiger partial charge in [0.2, 0.25) is 0 Å². The number of ether oxygens (including phenoxy) is 1. The number of aliphatic imine (C=N–C) groups is 1. The van der Waals surface area contributed by atoms with Crippen LogP contribution in [0.25, 0.3) is 6.08 Å². The van der Waals surface area contributed by atoms with Gasteiger partial charge in [0, 0.05) is 17.7 Å². The third-order valence-corrected chi connectivity index (χ3v) is 2.99. The third-order valence-electron chi connectivity index (χ3n) is 2.99. The standard InChI is InChI=1S/C14H16N2O/c1-14(2)6-5-10-9-11(3-4-12(10)17-14)13-15-7-8-16-13/h3-6,9H,7-8H2,1-2H3,(H,15,16). The molecule has 0 saturated heterocycles. The van der Waals surface area contributed by atoms with E-state index in [9.17, 15) is 0 Å². The van der Waals surface area contributed by atoms with Gasteiger partial charge in [-0.05, 0) is 38.1 Å². The number of nitrogens with one attached hydrogen (secondary N) is 1. The second-order valence-electron chi connectivity index (χ2n) is 4.95. The molecule has 0 saturated carbocycles. The fourth-order valence-corrected chi connectivity index (χ4v) is 2.12. The summed E-state index contributed by atoms with van der Waals surface area (Å²) < 4.78 is 5.89. The van der Waals surface area contributed by atoms with Crippen molar-refractivity contribution in [2.45, 2.75) is 19.4 Å². The van der Waals surface area contributed by atoms with E-state index in [0.717, 1.165) is 35.8 Å².